The molecule has 0 unspecified atom stereocenters. The standard InChI is InChI=1S/C22H22ClN5S/c1-14-4-5-16-12-17(13-24)21(28-20(16)15(14)2)25-10-3-11-26-22(29)27-19-8-6-18(23)7-9-19/h4-9,12H,3,10-11H2,1-2H3,(H,25,28)(H2,26,27,29). The second kappa shape index (κ2) is 9.55. The van der Waals surface area contributed by atoms with Gasteiger partial charge in [-0.1, -0.05) is 23.7 Å². The van der Waals surface area contributed by atoms with E-state index < -0.39 is 0 Å². The van der Waals surface area contributed by atoms with Crippen LogP contribution in [0.15, 0.2) is 42.5 Å². The lowest BCUT2D eigenvalue weighted by Gasteiger charge is -2.13. The molecule has 7 heteroatoms. The number of aromatic nitrogens is 1. The van der Waals surface area contributed by atoms with Crippen molar-refractivity contribution in [1.29, 1.82) is 5.26 Å². The molecule has 5 nitrogen and oxygen atoms in total. The minimum atomic E-state index is 0.550. The van der Waals surface area contributed by atoms with Gasteiger partial charge in [0.25, 0.3) is 0 Å². The Labute approximate surface area is 181 Å². The van der Waals surface area contributed by atoms with Gasteiger partial charge < -0.3 is 16.0 Å². The average molecular weight is 424 g/mol. The van der Waals surface area contributed by atoms with Gasteiger partial charge in [-0.05, 0) is 73.9 Å². The van der Waals surface area contributed by atoms with Crippen LogP contribution in [0.2, 0.25) is 5.02 Å². The summed E-state index contributed by atoms with van der Waals surface area (Å²) in [5.41, 5.74) is 4.68. The van der Waals surface area contributed by atoms with Crippen molar-refractivity contribution < 1.29 is 0 Å². The van der Waals surface area contributed by atoms with Crippen molar-refractivity contribution in [3.05, 3.63) is 64.2 Å². The van der Waals surface area contributed by atoms with E-state index in [0.717, 1.165) is 28.6 Å². The maximum atomic E-state index is 9.46. The Balaban J connectivity index is 1.53. The highest BCUT2D eigenvalue weighted by atomic mass is 35.5. The van der Waals surface area contributed by atoms with Crippen molar-refractivity contribution >= 4 is 51.3 Å². The number of anilines is 2. The average Bonchev–Trinajstić information content (AvgIpc) is 2.72. The molecule has 0 saturated carbocycles. The van der Waals surface area contributed by atoms with E-state index in [1.165, 1.54) is 5.56 Å². The Morgan fingerprint density at radius 2 is 1.90 bits per heavy atom. The smallest absolute Gasteiger partial charge is 0.170 e. The summed E-state index contributed by atoms with van der Waals surface area (Å²) < 4.78 is 0. The summed E-state index contributed by atoms with van der Waals surface area (Å²) in [5.74, 6) is 0.621. The quantitative estimate of drug-likeness (QED) is 0.375. The second-order valence-electron chi connectivity index (χ2n) is 6.74. The molecule has 0 saturated heterocycles. The summed E-state index contributed by atoms with van der Waals surface area (Å²) >= 11 is 11.2. The van der Waals surface area contributed by atoms with Crippen molar-refractivity contribution in [3.8, 4) is 6.07 Å². The number of nitrogens with one attached hydrogen (secondary N) is 3. The summed E-state index contributed by atoms with van der Waals surface area (Å²) in [5, 5.41) is 21.2. The van der Waals surface area contributed by atoms with Crippen LogP contribution in [0.1, 0.15) is 23.1 Å². The van der Waals surface area contributed by atoms with Crippen LogP contribution in [0.4, 0.5) is 11.5 Å². The number of benzene rings is 2. The summed E-state index contributed by atoms with van der Waals surface area (Å²) in [6.07, 6.45) is 0.819. The number of halogens is 1. The molecule has 1 aromatic heterocycles. The number of fused-ring (bicyclic) bond motifs is 1. The van der Waals surface area contributed by atoms with Gasteiger partial charge in [0.1, 0.15) is 11.9 Å². The van der Waals surface area contributed by atoms with Crippen LogP contribution in [-0.2, 0) is 0 Å². The van der Waals surface area contributed by atoms with Crippen molar-refractivity contribution in [1.82, 2.24) is 10.3 Å². The van der Waals surface area contributed by atoms with E-state index in [2.05, 4.69) is 41.9 Å². The first kappa shape index (κ1) is 20.8. The Morgan fingerprint density at radius 3 is 2.62 bits per heavy atom. The fourth-order valence-electron chi connectivity index (χ4n) is 2.91. The molecule has 0 atom stereocenters. The number of aryl methyl sites for hydroxylation is 2. The lowest BCUT2D eigenvalue weighted by molar-refractivity contribution is 0.807. The predicted octanol–water partition coefficient (Wildman–Crippen LogP) is 5.17. The minimum Gasteiger partial charge on any atom is -0.369 e. The molecule has 2 aromatic carbocycles. The van der Waals surface area contributed by atoms with Gasteiger partial charge in [0.15, 0.2) is 5.11 Å². The van der Waals surface area contributed by atoms with Crippen LogP contribution in [0.25, 0.3) is 10.9 Å². The van der Waals surface area contributed by atoms with Crippen molar-refractivity contribution in [2.75, 3.05) is 23.7 Å². The zero-order valence-electron chi connectivity index (χ0n) is 16.3. The topological polar surface area (TPSA) is 72.8 Å². The number of rotatable bonds is 6. The number of pyridine rings is 1. The highest BCUT2D eigenvalue weighted by Crippen LogP contribution is 2.24. The van der Waals surface area contributed by atoms with E-state index in [1.54, 1.807) is 0 Å². The fraction of sp³-hybridized carbons (Fsp3) is 0.227. The van der Waals surface area contributed by atoms with E-state index >= 15 is 0 Å². The van der Waals surface area contributed by atoms with Gasteiger partial charge in [-0.2, -0.15) is 5.26 Å². The van der Waals surface area contributed by atoms with Crippen molar-refractivity contribution in [3.63, 3.8) is 0 Å². The lowest BCUT2D eigenvalue weighted by Crippen LogP contribution is -2.30. The Kier molecular flexibility index (Phi) is 6.86. The zero-order valence-corrected chi connectivity index (χ0v) is 17.9. The number of thiocarbonyl (C=S) groups is 1. The molecule has 0 radical (unpaired) electrons. The zero-order chi connectivity index (χ0) is 20.8. The van der Waals surface area contributed by atoms with Crippen LogP contribution in [-0.4, -0.2) is 23.2 Å². The van der Waals surface area contributed by atoms with Gasteiger partial charge in [0.2, 0.25) is 0 Å². The fourth-order valence-corrected chi connectivity index (χ4v) is 3.25. The van der Waals surface area contributed by atoms with Gasteiger partial charge in [0.05, 0.1) is 11.1 Å². The number of nitrogens with zero attached hydrogens (tertiary/aromatic N) is 2. The summed E-state index contributed by atoms with van der Waals surface area (Å²) in [6, 6.07) is 15.5. The Hall–Kier alpha value is -2.88. The molecular formula is C22H22ClN5S. The number of hydrogen-bond acceptors (Lipinski definition) is 4. The number of hydrogen-bond donors (Lipinski definition) is 3. The van der Waals surface area contributed by atoms with E-state index in [9.17, 15) is 5.26 Å². The minimum absolute atomic E-state index is 0.550. The second-order valence-corrected chi connectivity index (χ2v) is 7.59. The molecule has 0 aliphatic carbocycles. The molecule has 0 aliphatic rings. The lowest BCUT2D eigenvalue weighted by atomic mass is 10.0. The van der Waals surface area contributed by atoms with Crippen LogP contribution in [0, 0.1) is 25.2 Å². The highest BCUT2D eigenvalue weighted by Gasteiger charge is 2.09. The van der Waals surface area contributed by atoms with Crippen LogP contribution in [0.3, 0.4) is 0 Å². The van der Waals surface area contributed by atoms with Gasteiger partial charge >= 0.3 is 0 Å². The molecule has 29 heavy (non-hydrogen) atoms. The first-order chi connectivity index (χ1) is 14.0. The first-order valence-corrected chi connectivity index (χ1v) is 10.1. The summed E-state index contributed by atoms with van der Waals surface area (Å²) in [7, 11) is 0. The third-order valence-corrected chi connectivity index (χ3v) is 5.16. The highest BCUT2D eigenvalue weighted by molar-refractivity contribution is 7.80. The third-order valence-electron chi connectivity index (χ3n) is 4.67. The van der Waals surface area contributed by atoms with Crippen molar-refractivity contribution in [2.24, 2.45) is 0 Å². The summed E-state index contributed by atoms with van der Waals surface area (Å²) in [4.78, 5) is 4.70. The molecule has 0 bridgehead atoms. The normalized spacial score (nSPS) is 10.4. The van der Waals surface area contributed by atoms with E-state index in [0.29, 0.717) is 34.6 Å². The SMILES string of the molecule is Cc1ccc2cc(C#N)c(NCCCNC(=S)Nc3ccc(Cl)cc3)nc2c1C. The molecule has 0 spiro atoms. The molecule has 3 N–H and O–H groups in total. The molecule has 3 rings (SSSR count). The van der Waals surface area contributed by atoms with E-state index in [-0.39, 0.29) is 0 Å². The number of nitriles is 1. The van der Waals surface area contributed by atoms with Crippen LogP contribution in [0.5, 0.6) is 0 Å². The monoisotopic (exact) mass is 423 g/mol. The van der Waals surface area contributed by atoms with Gasteiger partial charge in [-0.25, -0.2) is 4.98 Å². The van der Waals surface area contributed by atoms with Gasteiger partial charge in [-0.3, -0.25) is 0 Å². The molecule has 0 aliphatic heterocycles. The maximum absolute atomic E-state index is 9.46. The molecule has 148 valence electrons. The van der Waals surface area contributed by atoms with Crippen LogP contribution >= 0.6 is 23.8 Å². The largest absolute Gasteiger partial charge is 0.369 e. The first-order valence-electron chi connectivity index (χ1n) is 9.33. The van der Waals surface area contributed by atoms with E-state index in [4.69, 9.17) is 28.8 Å². The molecule has 3 aromatic rings. The van der Waals surface area contributed by atoms with Crippen molar-refractivity contribution in [2.45, 2.75) is 20.3 Å². The third kappa shape index (κ3) is 5.35. The summed E-state index contributed by atoms with van der Waals surface area (Å²) in [6.45, 7) is 5.49. The maximum Gasteiger partial charge on any atom is 0.170 e. The predicted molar refractivity (Wildman–Crippen MR) is 125 cm³/mol. The molecule has 0 amide bonds. The van der Waals surface area contributed by atoms with Crippen LogP contribution < -0.4 is 16.0 Å². The molecular weight excluding hydrogens is 402 g/mol. The van der Waals surface area contributed by atoms with E-state index in [1.807, 2.05) is 36.4 Å². The van der Waals surface area contributed by atoms with Gasteiger partial charge in [-0.15, -0.1) is 0 Å². The molecule has 0 fully saturated rings. The molecule has 1 heterocycles. The Bertz CT molecular complexity index is 1070. The Morgan fingerprint density at radius 1 is 1.14 bits per heavy atom. The van der Waals surface area contributed by atoms with Gasteiger partial charge in [0, 0.05) is 29.2 Å².